The first kappa shape index (κ1) is 28.9. The van der Waals surface area contributed by atoms with E-state index in [1.165, 1.54) is 12.7 Å². The van der Waals surface area contributed by atoms with Crippen molar-refractivity contribution in [3.05, 3.63) is 108 Å². The van der Waals surface area contributed by atoms with Crippen molar-refractivity contribution in [2.24, 2.45) is 12.0 Å². The summed E-state index contributed by atoms with van der Waals surface area (Å²) in [5, 5.41) is 9.52. The summed E-state index contributed by atoms with van der Waals surface area (Å²) in [6, 6.07) is 17.1. The predicted octanol–water partition coefficient (Wildman–Crippen LogP) is 5.02. The monoisotopic (exact) mass is 545 g/mol. The predicted molar refractivity (Wildman–Crippen MR) is 158 cm³/mol. The number of amides is 1. The first-order valence-corrected chi connectivity index (χ1v) is 12.5. The summed E-state index contributed by atoms with van der Waals surface area (Å²) in [5.74, 6) is 2.07. The Morgan fingerprint density at radius 3 is 2.62 bits per heavy atom. The molecule has 2 aromatic heterocycles. The molecule has 202 valence electrons. The van der Waals surface area contributed by atoms with E-state index in [9.17, 15) is 4.79 Å². The number of aliphatic imine (C=N–C) groups is 1. The lowest BCUT2D eigenvalue weighted by molar-refractivity contribution is -0.105. The van der Waals surface area contributed by atoms with Gasteiger partial charge in [-0.05, 0) is 60.0 Å². The second-order valence-electron chi connectivity index (χ2n) is 8.24. The van der Waals surface area contributed by atoms with Crippen LogP contribution >= 0.6 is 11.6 Å². The van der Waals surface area contributed by atoms with Crippen molar-refractivity contribution in [3.63, 3.8) is 0 Å². The van der Waals surface area contributed by atoms with E-state index in [1.807, 2.05) is 61.3 Å². The van der Waals surface area contributed by atoms with E-state index in [4.69, 9.17) is 21.3 Å². The Balaban J connectivity index is 0.000000293. The number of carbonyl (C=O) groups is 1. The standard InChI is InChI=1S/C21H24N6.C8H8ClNO2/c1-16(18-5-4-6-19(15-18)22-2)26-20(21-25-13-14-27(21)3)24-12-9-17-7-10-23-11-8-17;1-12-8-3-2-6(9)4-7(8)10-5-11/h4-8,10-11,13-15,22H,1,9,12H2,2-3H3,(H,24,26);2-5H,1H3,(H,10,11). The molecule has 1 amide bonds. The van der Waals surface area contributed by atoms with Gasteiger partial charge in [0.05, 0.1) is 12.8 Å². The molecule has 39 heavy (non-hydrogen) atoms. The molecule has 0 saturated heterocycles. The molecule has 0 bridgehead atoms. The van der Waals surface area contributed by atoms with Crippen LogP contribution < -0.4 is 20.7 Å². The first-order chi connectivity index (χ1) is 18.9. The number of benzene rings is 2. The van der Waals surface area contributed by atoms with Crippen LogP contribution in [0.4, 0.5) is 11.4 Å². The topological polar surface area (TPSA) is 105 Å². The third-order valence-electron chi connectivity index (χ3n) is 5.60. The number of rotatable bonds is 10. The highest BCUT2D eigenvalue weighted by Gasteiger charge is 2.11. The average Bonchev–Trinajstić information content (AvgIpc) is 3.39. The highest BCUT2D eigenvalue weighted by atomic mass is 35.5. The molecule has 0 fully saturated rings. The number of carbonyl (C=O) groups excluding carboxylic acids is 1. The number of aryl methyl sites for hydroxylation is 1. The van der Waals surface area contributed by atoms with Crippen molar-refractivity contribution in [1.29, 1.82) is 0 Å². The van der Waals surface area contributed by atoms with E-state index in [-0.39, 0.29) is 0 Å². The Bertz CT molecular complexity index is 1400. The van der Waals surface area contributed by atoms with Gasteiger partial charge >= 0.3 is 0 Å². The number of nitrogens with one attached hydrogen (secondary N) is 3. The molecule has 2 heterocycles. The number of hydrogen-bond acceptors (Lipinski definition) is 6. The molecule has 3 N–H and O–H groups in total. The van der Waals surface area contributed by atoms with Crippen LogP contribution in [0, 0.1) is 0 Å². The summed E-state index contributed by atoms with van der Waals surface area (Å²) in [4.78, 5) is 23.4. The Labute approximate surface area is 233 Å². The molecule has 0 unspecified atom stereocenters. The number of pyridine rings is 1. The van der Waals surface area contributed by atoms with Crippen LogP contribution in [0.25, 0.3) is 5.70 Å². The number of halogens is 1. The molecule has 0 aliphatic heterocycles. The highest BCUT2D eigenvalue weighted by molar-refractivity contribution is 6.31. The minimum absolute atomic E-state index is 0.556. The number of ether oxygens (including phenoxy) is 1. The molecule has 10 heteroatoms. The van der Waals surface area contributed by atoms with E-state index in [2.05, 4.69) is 32.5 Å². The zero-order valence-electron chi connectivity index (χ0n) is 22.2. The van der Waals surface area contributed by atoms with Gasteiger partial charge in [0.25, 0.3) is 0 Å². The average molecular weight is 546 g/mol. The minimum Gasteiger partial charge on any atom is -0.495 e. The van der Waals surface area contributed by atoms with E-state index >= 15 is 0 Å². The summed E-state index contributed by atoms with van der Waals surface area (Å²) in [6.45, 7) is 4.82. The Morgan fingerprint density at radius 1 is 1.15 bits per heavy atom. The van der Waals surface area contributed by atoms with E-state index in [0.717, 1.165) is 29.2 Å². The number of anilines is 2. The smallest absolute Gasteiger partial charge is 0.211 e. The lowest BCUT2D eigenvalue weighted by Crippen LogP contribution is -2.26. The fourth-order valence-corrected chi connectivity index (χ4v) is 3.71. The van der Waals surface area contributed by atoms with Crippen molar-refractivity contribution in [2.75, 3.05) is 31.3 Å². The lowest BCUT2D eigenvalue weighted by atomic mass is 10.1. The summed E-state index contributed by atoms with van der Waals surface area (Å²) in [5.41, 5.74) is 4.58. The molecule has 0 aliphatic carbocycles. The Morgan fingerprint density at radius 2 is 1.95 bits per heavy atom. The molecule has 0 atom stereocenters. The van der Waals surface area contributed by atoms with Crippen LogP contribution in [0.3, 0.4) is 0 Å². The summed E-state index contributed by atoms with van der Waals surface area (Å²) < 4.78 is 6.91. The normalized spacial score (nSPS) is 10.6. The van der Waals surface area contributed by atoms with Gasteiger partial charge in [0.15, 0.2) is 11.7 Å². The van der Waals surface area contributed by atoms with Crippen molar-refractivity contribution >= 4 is 40.9 Å². The van der Waals surface area contributed by atoms with Gasteiger partial charge in [-0.25, -0.2) is 4.98 Å². The van der Waals surface area contributed by atoms with Crippen molar-refractivity contribution in [3.8, 4) is 5.75 Å². The van der Waals surface area contributed by atoms with Crippen LogP contribution in [0.2, 0.25) is 5.02 Å². The van der Waals surface area contributed by atoms with E-state index in [0.29, 0.717) is 35.3 Å². The first-order valence-electron chi connectivity index (χ1n) is 12.1. The fraction of sp³-hybridized carbons (Fsp3) is 0.172. The quantitative estimate of drug-likeness (QED) is 0.147. The molecular formula is C29H32ClN7O2. The van der Waals surface area contributed by atoms with Crippen LogP contribution in [-0.4, -0.2) is 47.5 Å². The Kier molecular flexibility index (Phi) is 11.1. The van der Waals surface area contributed by atoms with Crippen LogP contribution in [-0.2, 0) is 18.3 Å². The van der Waals surface area contributed by atoms with Crippen molar-refractivity contribution in [1.82, 2.24) is 19.9 Å². The molecule has 2 aromatic carbocycles. The lowest BCUT2D eigenvalue weighted by Gasteiger charge is -2.14. The number of amidine groups is 1. The number of imidazole rings is 1. The van der Waals surface area contributed by atoms with Gasteiger partial charge in [-0.15, -0.1) is 0 Å². The maximum atomic E-state index is 10.1. The number of methoxy groups -OCH3 is 1. The molecule has 9 nitrogen and oxygen atoms in total. The largest absolute Gasteiger partial charge is 0.495 e. The van der Waals surface area contributed by atoms with Crippen molar-refractivity contribution < 1.29 is 9.53 Å². The maximum Gasteiger partial charge on any atom is 0.211 e. The summed E-state index contributed by atoms with van der Waals surface area (Å²) >= 11 is 5.70. The van der Waals surface area contributed by atoms with Gasteiger partial charge in [-0.1, -0.05) is 30.3 Å². The second-order valence-corrected chi connectivity index (χ2v) is 8.68. The van der Waals surface area contributed by atoms with Crippen LogP contribution in [0.15, 0.2) is 91.0 Å². The molecular weight excluding hydrogens is 514 g/mol. The molecule has 0 aliphatic rings. The Hall–Kier alpha value is -4.63. The maximum absolute atomic E-state index is 10.1. The van der Waals surface area contributed by atoms with Crippen LogP contribution in [0.5, 0.6) is 5.75 Å². The number of aromatic nitrogens is 3. The molecule has 4 rings (SSSR count). The third-order valence-corrected chi connectivity index (χ3v) is 5.83. The van der Waals surface area contributed by atoms with Gasteiger partial charge in [-0.3, -0.25) is 14.8 Å². The molecule has 0 radical (unpaired) electrons. The second kappa shape index (κ2) is 14.9. The SMILES string of the molecule is C=C(NC(=NCCc1ccncc1)c1nccn1C)c1cccc(NC)c1.COc1ccc(Cl)cc1NC=O. The summed E-state index contributed by atoms with van der Waals surface area (Å²) in [6.07, 6.45) is 8.68. The molecule has 4 aromatic rings. The van der Waals surface area contributed by atoms with Crippen molar-refractivity contribution in [2.45, 2.75) is 6.42 Å². The van der Waals surface area contributed by atoms with E-state index < -0.39 is 0 Å². The minimum atomic E-state index is 0.556. The summed E-state index contributed by atoms with van der Waals surface area (Å²) in [7, 11) is 5.38. The van der Waals surface area contributed by atoms with Gasteiger partial charge < -0.3 is 25.3 Å². The molecule has 0 saturated carbocycles. The van der Waals surface area contributed by atoms with E-state index in [1.54, 1.807) is 36.8 Å². The number of nitrogens with zero attached hydrogens (tertiary/aromatic N) is 4. The fourth-order valence-electron chi connectivity index (χ4n) is 3.54. The van der Waals surface area contributed by atoms with Gasteiger partial charge in [-0.2, -0.15) is 0 Å². The van der Waals surface area contributed by atoms with Gasteiger partial charge in [0.2, 0.25) is 6.41 Å². The zero-order chi connectivity index (χ0) is 28.0. The van der Waals surface area contributed by atoms with Gasteiger partial charge in [0.1, 0.15) is 5.75 Å². The third kappa shape index (κ3) is 8.72. The molecule has 0 spiro atoms. The van der Waals surface area contributed by atoms with Crippen LogP contribution in [0.1, 0.15) is 17.0 Å². The number of hydrogen-bond donors (Lipinski definition) is 3. The highest BCUT2D eigenvalue weighted by Crippen LogP contribution is 2.26. The van der Waals surface area contributed by atoms with Gasteiger partial charge in [0, 0.05) is 61.8 Å². The zero-order valence-corrected chi connectivity index (χ0v) is 22.9.